The summed E-state index contributed by atoms with van der Waals surface area (Å²) in [6.45, 7) is 6.11. The SMILES string of the molecule is CCOC(=O)c1ccc(OCCCc2ccc(OCCCCOc3ccccc3)cc2)c(C(=O)NC[C@@H]2CCCCC2C(=O)OCC)c1. The molecule has 0 saturated heterocycles. The Kier molecular flexibility index (Phi) is 15.1. The third-order valence-corrected chi connectivity index (χ3v) is 8.37. The lowest BCUT2D eigenvalue weighted by Crippen LogP contribution is -2.38. The molecule has 3 aromatic carbocycles. The van der Waals surface area contributed by atoms with Crippen molar-refractivity contribution < 1.29 is 38.1 Å². The third kappa shape index (κ3) is 11.6. The summed E-state index contributed by atoms with van der Waals surface area (Å²) in [6.07, 6.45) is 6.91. The first-order valence-corrected chi connectivity index (χ1v) is 17.3. The molecule has 1 amide bonds. The lowest BCUT2D eigenvalue weighted by Gasteiger charge is -2.30. The van der Waals surface area contributed by atoms with Crippen LogP contribution in [0.3, 0.4) is 0 Å². The lowest BCUT2D eigenvalue weighted by molar-refractivity contribution is -0.151. The highest BCUT2D eigenvalue weighted by Gasteiger charge is 2.32. The van der Waals surface area contributed by atoms with Crippen molar-refractivity contribution in [3.63, 3.8) is 0 Å². The fourth-order valence-corrected chi connectivity index (χ4v) is 5.82. The Balaban J connectivity index is 1.24. The van der Waals surface area contributed by atoms with Crippen LogP contribution in [0, 0.1) is 11.8 Å². The van der Waals surface area contributed by atoms with Crippen molar-refractivity contribution in [2.24, 2.45) is 11.8 Å². The van der Waals surface area contributed by atoms with Crippen molar-refractivity contribution in [1.82, 2.24) is 5.32 Å². The van der Waals surface area contributed by atoms with Gasteiger partial charge >= 0.3 is 11.9 Å². The smallest absolute Gasteiger partial charge is 0.338 e. The van der Waals surface area contributed by atoms with E-state index < -0.39 is 5.97 Å². The maximum absolute atomic E-state index is 13.4. The molecule has 0 aliphatic heterocycles. The Labute approximate surface area is 284 Å². The molecular weight excluding hydrogens is 610 g/mol. The minimum Gasteiger partial charge on any atom is -0.494 e. The van der Waals surface area contributed by atoms with Crippen LogP contribution in [0.2, 0.25) is 0 Å². The second kappa shape index (κ2) is 20.0. The molecule has 1 fully saturated rings. The summed E-state index contributed by atoms with van der Waals surface area (Å²) in [5.41, 5.74) is 1.69. The van der Waals surface area contributed by atoms with Crippen molar-refractivity contribution in [3.05, 3.63) is 89.5 Å². The van der Waals surface area contributed by atoms with Crippen molar-refractivity contribution in [2.75, 3.05) is 39.6 Å². The summed E-state index contributed by atoms with van der Waals surface area (Å²) in [5, 5.41) is 2.99. The van der Waals surface area contributed by atoms with Gasteiger partial charge in [0.05, 0.1) is 50.1 Å². The van der Waals surface area contributed by atoms with Gasteiger partial charge in [-0.15, -0.1) is 0 Å². The summed E-state index contributed by atoms with van der Waals surface area (Å²) in [6, 6.07) is 22.6. The van der Waals surface area contributed by atoms with E-state index in [0.29, 0.717) is 38.7 Å². The van der Waals surface area contributed by atoms with E-state index in [1.165, 1.54) is 6.07 Å². The number of hydrogen-bond donors (Lipinski definition) is 1. The van der Waals surface area contributed by atoms with Crippen molar-refractivity contribution in [3.8, 4) is 17.2 Å². The number of carbonyl (C=O) groups excluding carboxylic acids is 3. The molecule has 0 bridgehead atoms. The molecule has 258 valence electrons. The van der Waals surface area contributed by atoms with E-state index in [2.05, 4.69) is 17.4 Å². The van der Waals surface area contributed by atoms with Crippen LogP contribution >= 0.6 is 0 Å². The predicted molar refractivity (Wildman–Crippen MR) is 184 cm³/mol. The zero-order valence-corrected chi connectivity index (χ0v) is 28.2. The maximum atomic E-state index is 13.4. The number of nitrogens with one attached hydrogen (secondary N) is 1. The number of aryl methyl sites for hydroxylation is 1. The Bertz CT molecular complexity index is 1430. The number of rotatable bonds is 19. The van der Waals surface area contributed by atoms with Crippen molar-refractivity contribution >= 4 is 17.8 Å². The van der Waals surface area contributed by atoms with Gasteiger partial charge in [0.25, 0.3) is 5.91 Å². The normalized spacial score (nSPS) is 15.6. The van der Waals surface area contributed by atoms with Crippen LogP contribution in [-0.2, 0) is 20.7 Å². The van der Waals surface area contributed by atoms with Crippen LogP contribution in [0.5, 0.6) is 17.2 Å². The molecule has 1 aliphatic carbocycles. The highest BCUT2D eigenvalue weighted by Crippen LogP contribution is 2.31. The molecule has 9 nitrogen and oxygen atoms in total. The van der Waals surface area contributed by atoms with E-state index in [9.17, 15) is 14.4 Å². The highest BCUT2D eigenvalue weighted by atomic mass is 16.5. The highest BCUT2D eigenvalue weighted by molar-refractivity contribution is 6.00. The number of carbonyl (C=O) groups is 3. The second-order valence-corrected chi connectivity index (χ2v) is 11.9. The van der Waals surface area contributed by atoms with Crippen molar-refractivity contribution in [2.45, 2.75) is 65.2 Å². The predicted octanol–water partition coefficient (Wildman–Crippen LogP) is 7.21. The van der Waals surface area contributed by atoms with Crippen LogP contribution < -0.4 is 19.5 Å². The zero-order valence-electron chi connectivity index (χ0n) is 28.2. The second-order valence-electron chi connectivity index (χ2n) is 11.9. The van der Waals surface area contributed by atoms with Gasteiger partial charge in [0, 0.05) is 6.54 Å². The molecule has 1 unspecified atom stereocenters. The first-order valence-electron chi connectivity index (χ1n) is 17.3. The van der Waals surface area contributed by atoms with Crippen LogP contribution in [0.25, 0.3) is 0 Å². The van der Waals surface area contributed by atoms with Crippen LogP contribution in [0.4, 0.5) is 0 Å². The Morgan fingerprint density at radius 2 is 1.40 bits per heavy atom. The van der Waals surface area contributed by atoms with Gasteiger partial charge in [-0.05, 0) is 106 Å². The van der Waals surface area contributed by atoms with Gasteiger partial charge in [-0.3, -0.25) is 9.59 Å². The molecule has 2 atom stereocenters. The minimum absolute atomic E-state index is 0.00401. The molecule has 0 aromatic heterocycles. The molecule has 4 rings (SSSR count). The summed E-state index contributed by atoms with van der Waals surface area (Å²) >= 11 is 0. The largest absolute Gasteiger partial charge is 0.494 e. The summed E-state index contributed by atoms with van der Waals surface area (Å²) in [5.74, 6) is 0.812. The zero-order chi connectivity index (χ0) is 34.0. The third-order valence-electron chi connectivity index (χ3n) is 8.37. The Hall–Kier alpha value is -4.53. The van der Waals surface area contributed by atoms with Crippen LogP contribution in [-0.4, -0.2) is 57.4 Å². The molecule has 0 heterocycles. The van der Waals surface area contributed by atoms with Crippen LogP contribution in [0.1, 0.15) is 85.1 Å². The number of esters is 2. The van der Waals surface area contributed by atoms with E-state index in [1.54, 1.807) is 26.0 Å². The minimum atomic E-state index is -0.503. The molecule has 0 radical (unpaired) electrons. The summed E-state index contributed by atoms with van der Waals surface area (Å²) in [7, 11) is 0. The number of benzene rings is 3. The molecule has 9 heteroatoms. The van der Waals surface area contributed by atoms with Crippen LogP contribution in [0.15, 0.2) is 72.8 Å². The van der Waals surface area contributed by atoms with E-state index in [-0.39, 0.29) is 41.4 Å². The quantitative estimate of drug-likeness (QED) is 0.106. The first-order chi connectivity index (χ1) is 23.5. The topological polar surface area (TPSA) is 109 Å². The molecular formula is C39H49NO8. The average Bonchev–Trinajstić information content (AvgIpc) is 3.12. The van der Waals surface area contributed by atoms with Crippen molar-refractivity contribution in [1.29, 1.82) is 0 Å². The van der Waals surface area contributed by atoms with Gasteiger partial charge < -0.3 is 29.0 Å². The van der Waals surface area contributed by atoms with Gasteiger partial charge in [-0.25, -0.2) is 4.79 Å². The number of ether oxygens (including phenoxy) is 5. The van der Waals surface area contributed by atoms with E-state index in [1.807, 2.05) is 42.5 Å². The van der Waals surface area contributed by atoms with E-state index in [0.717, 1.165) is 68.4 Å². The molecule has 1 aliphatic rings. The van der Waals surface area contributed by atoms with Gasteiger partial charge in [0.1, 0.15) is 17.2 Å². The standard InChI is InChI=1S/C39H49NO8/c1-3-44-38(42)30-20-23-36(35(27-30)37(41)40-28-31-14-8-9-17-34(31)39(43)45-4-2)48-26-12-13-29-18-21-33(22-19-29)47-25-11-10-24-46-32-15-6-5-7-16-32/h5-7,15-16,18-23,27,31,34H,3-4,8-14,17,24-26,28H2,1-2H3,(H,40,41)/t31-,34?/m0/s1. The Morgan fingerprint density at radius 3 is 2.10 bits per heavy atom. The number of amides is 1. The molecule has 3 aromatic rings. The molecule has 48 heavy (non-hydrogen) atoms. The maximum Gasteiger partial charge on any atom is 0.338 e. The monoisotopic (exact) mass is 659 g/mol. The number of unbranched alkanes of at least 4 members (excludes halogenated alkanes) is 1. The molecule has 0 spiro atoms. The van der Waals surface area contributed by atoms with Gasteiger partial charge in [-0.2, -0.15) is 0 Å². The summed E-state index contributed by atoms with van der Waals surface area (Å²) in [4.78, 5) is 38.4. The fourth-order valence-electron chi connectivity index (χ4n) is 5.82. The van der Waals surface area contributed by atoms with Gasteiger partial charge in [0.15, 0.2) is 0 Å². The van der Waals surface area contributed by atoms with E-state index in [4.69, 9.17) is 23.7 Å². The average molecular weight is 660 g/mol. The lowest BCUT2D eigenvalue weighted by atomic mass is 9.79. The number of hydrogen-bond acceptors (Lipinski definition) is 8. The number of para-hydroxylation sites is 1. The van der Waals surface area contributed by atoms with E-state index >= 15 is 0 Å². The molecule has 1 saturated carbocycles. The van der Waals surface area contributed by atoms with Gasteiger partial charge in [-0.1, -0.05) is 43.2 Å². The first kappa shape index (κ1) is 36.3. The Morgan fingerprint density at radius 1 is 0.729 bits per heavy atom. The molecule has 1 N–H and O–H groups in total. The fraction of sp³-hybridized carbons (Fsp3) is 0.462. The summed E-state index contributed by atoms with van der Waals surface area (Å²) < 4.78 is 28.1. The van der Waals surface area contributed by atoms with Gasteiger partial charge in [0.2, 0.25) is 0 Å².